The lowest BCUT2D eigenvalue weighted by Gasteiger charge is -2.25. The molecule has 1 amide bonds. The number of unbranched alkanes of at least 4 members (excludes halogenated alkanes) is 3. The summed E-state index contributed by atoms with van der Waals surface area (Å²) in [6.07, 6.45) is 4.06. The predicted octanol–water partition coefficient (Wildman–Crippen LogP) is 5.00. The summed E-state index contributed by atoms with van der Waals surface area (Å²) in [6, 6.07) is 16.2. The number of carbonyl (C=O) groups is 2. The molecule has 3 rings (SSSR count). The normalized spacial score (nSPS) is 18.6. The summed E-state index contributed by atoms with van der Waals surface area (Å²) in [5, 5.41) is 10.9. The summed E-state index contributed by atoms with van der Waals surface area (Å²) in [5.74, 6) is -1.25. The molecule has 1 N–H and O–H groups in total. The minimum atomic E-state index is -0.609. The van der Waals surface area contributed by atoms with Gasteiger partial charge in [0.05, 0.1) is 11.6 Å². The Balaban J connectivity index is 2.03. The number of amides is 1. The van der Waals surface area contributed by atoms with E-state index in [0.717, 1.165) is 36.8 Å². The van der Waals surface area contributed by atoms with E-state index in [2.05, 4.69) is 6.92 Å². The summed E-state index contributed by atoms with van der Waals surface area (Å²) >= 11 is 0. The summed E-state index contributed by atoms with van der Waals surface area (Å²) < 4.78 is 0. The van der Waals surface area contributed by atoms with Crippen molar-refractivity contribution in [3.05, 3.63) is 76.9 Å². The van der Waals surface area contributed by atoms with Gasteiger partial charge < -0.3 is 10.0 Å². The first-order valence-electron chi connectivity index (χ1n) is 9.95. The molecule has 1 heterocycles. The number of aliphatic hydroxyl groups is 1. The lowest BCUT2D eigenvalue weighted by molar-refractivity contribution is -0.139. The van der Waals surface area contributed by atoms with Crippen LogP contribution in [-0.2, 0) is 9.59 Å². The third-order valence-corrected chi connectivity index (χ3v) is 5.23. The van der Waals surface area contributed by atoms with Crippen molar-refractivity contribution in [3.8, 4) is 0 Å². The SMILES string of the molecule is CCCCCCN1C(=O)C(=O)C(=C(O)c2ccc(C)cc2)[C@H]1c1ccccc1. The molecule has 0 unspecified atom stereocenters. The fourth-order valence-corrected chi connectivity index (χ4v) is 3.67. The van der Waals surface area contributed by atoms with Gasteiger partial charge >= 0.3 is 0 Å². The molecule has 28 heavy (non-hydrogen) atoms. The van der Waals surface area contributed by atoms with Crippen LogP contribution in [0.5, 0.6) is 0 Å². The van der Waals surface area contributed by atoms with Crippen molar-refractivity contribution >= 4 is 17.4 Å². The lowest BCUT2D eigenvalue weighted by Crippen LogP contribution is -2.30. The van der Waals surface area contributed by atoms with Crippen LogP contribution < -0.4 is 0 Å². The van der Waals surface area contributed by atoms with Crippen molar-refractivity contribution in [1.82, 2.24) is 4.90 Å². The Morgan fingerprint density at radius 3 is 2.29 bits per heavy atom. The number of ketones is 1. The number of benzene rings is 2. The number of hydrogen-bond acceptors (Lipinski definition) is 3. The summed E-state index contributed by atoms with van der Waals surface area (Å²) in [5.41, 5.74) is 2.63. The molecule has 4 nitrogen and oxygen atoms in total. The number of aryl methyl sites for hydroxylation is 1. The van der Waals surface area contributed by atoms with Crippen molar-refractivity contribution < 1.29 is 14.7 Å². The maximum atomic E-state index is 12.9. The quantitative estimate of drug-likeness (QED) is 0.320. The fourth-order valence-electron chi connectivity index (χ4n) is 3.67. The van der Waals surface area contributed by atoms with Crippen LogP contribution in [-0.4, -0.2) is 28.2 Å². The van der Waals surface area contributed by atoms with E-state index in [4.69, 9.17) is 0 Å². The molecule has 0 radical (unpaired) electrons. The summed E-state index contributed by atoms with van der Waals surface area (Å²) in [7, 11) is 0. The molecule has 1 aliphatic heterocycles. The van der Waals surface area contributed by atoms with E-state index < -0.39 is 17.7 Å². The Hall–Kier alpha value is -2.88. The van der Waals surface area contributed by atoms with E-state index in [-0.39, 0.29) is 11.3 Å². The minimum absolute atomic E-state index is 0.108. The third-order valence-electron chi connectivity index (χ3n) is 5.23. The van der Waals surface area contributed by atoms with Crippen molar-refractivity contribution in [1.29, 1.82) is 0 Å². The van der Waals surface area contributed by atoms with Gasteiger partial charge in [0.1, 0.15) is 5.76 Å². The Morgan fingerprint density at radius 2 is 1.64 bits per heavy atom. The van der Waals surface area contributed by atoms with Crippen LogP contribution in [0.25, 0.3) is 5.76 Å². The van der Waals surface area contributed by atoms with Gasteiger partial charge in [-0.3, -0.25) is 9.59 Å². The van der Waals surface area contributed by atoms with Gasteiger partial charge in [0.2, 0.25) is 0 Å². The molecule has 4 heteroatoms. The summed E-state index contributed by atoms with van der Waals surface area (Å²) in [4.78, 5) is 27.3. The standard InChI is InChI=1S/C24H27NO3/c1-3-4-5-9-16-25-21(18-10-7-6-8-11-18)20(23(27)24(25)28)22(26)19-14-12-17(2)13-15-19/h6-8,10-15,21,26H,3-5,9,16H2,1-2H3/t21-/m1/s1. The number of rotatable bonds is 7. The molecular weight excluding hydrogens is 350 g/mol. The number of likely N-dealkylation sites (tertiary alicyclic amines) is 1. The molecule has 0 aliphatic carbocycles. The van der Waals surface area contributed by atoms with Crippen LogP contribution in [0.3, 0.4) is 0 Å². The Labute approximate surface area is 166 Å². The molecule has 0 aromatic heterocycles. The van der Waals surface area contributed by atoms with E-state index in [9.17, 15) is 14.7 Å². The van der Waals surface area contributed by atoms with Gasteiger partial charge in [0.15, 0.2) is 0 Å². The van der Waals surface area contributed by atoms with Crippen LogP contribution >= 0.6 is 0 Å². The van der Waals surface area contributed by atoms with Crippen molar-refractivity contribution in [2.75, 3.05) is 6.54 Å². The molecule has 0 saturated carbocycles. The van der Waals surface area contributed by atoms with Gasteiger partial charge in [-0.1, -0.05) is 86.3 Å². The van der Waals surface area contributed by atoms with Crippen LogP contribution in [0.4, 0.5) is 0 Å². The van der Waals surface area contributed by atoms with Crippen LogP contribution in [0.1, 0.15) is 55.3 Å². The first-order chi connectivity index (χ1) is 13.5. The molecule has 146 valence electrons. The molecule has 2 aromatic carbocycles. The van der Waals surface area contributed by atoms with Gasteiger partial charge in [0.25, 0.3) is 11.7 Å². The maximum absolute atomic E-state index is 12.9. The molecular formula is C24H27NO3. The lowest BCUT2D eigenvalue weighted by atomic mass is 9.95. The number of aliphatic hydroxyl groups excluding tert-OH is 1. The largest absolute Gasteiger partial charge is 0.507 e. The smallest absolute Gasteiger partial charge is 0.295 e. The molecule has 0 bridgehead atoms. The van der Waals surface area contributed by atoms with Gasteiger partial charge in [-0.05, 0) is 18.9 Å². The second kappa shape index (κ2) is 8.87. The van der Waals surface area contributed by atoms with E-state index in [1.54, 1.807) is 17.0 Å². The third kappa shape index (κ3) is 4.01. The van der Waals surface area contributed by atoms with Crippen molar-refractivity contribution in [2.24, 2.45) is 0 Å². The highest BCUT2D eigenvalue weighted by atomic mass is 16.3. The second-order valence-electron chi connectivity index (χ2n) is 7.33. The second-order valence-corrected chi connectivity index (χ2v) is 7.33. The van der Waals surface area contributed by atoms with E-state index >= 15 is 0 Å². The van der Waals surface area contributed by atoms with Gasteiger partial charge in [-0.15, -0.1) is 0 Å². The van der Waals surface area contributed by atoms with Gasteiger partial charge in [0, 0.05) is 12.1 Å². The molecule has 1 fully saturated rings. The first kappa shape index (κ1) is 19.9. The predicted molar refractivity (Wildman–Crippen MR) is 111 cm³/mol. The van der Waals surface area contributed by atoms with E-state index in [0.29, 0.717) is 12.1 Å². The highest BCUT2D eigenvalue weighted by molar-refractivity contribution is 6.46. The first-order valence-corrected chi connectivity index (χ1v) is 9.95. The molecule has 1 atom stereocenters. The Morgan fingerprint density at radius 1 is 0.964 bits per heavy atom. The van der Waals surface area contributed by atoms with E-state index in [1.807, 2.05) is 49.4 Å². The summed E-state index contributed by atoms with van der Waals surface area (Å²) in [6.45, 7) is 4.61. The molecule has 0 spiro atoms. The van der Waals surface area contributed by atoms with Crippen LogP contribution in [0, 0.1) is 6.92 Å². The Bertz CT molecular complexity index is 868. The van der Waals surface area contributed by atoms with Crippen molar-refractivity contribution in [2.45, 2.75) is 45.6 Å². The minimum Gasteiger partial charge on any atom is -0.507 e. The highest BCUT2D eigenvalue weighted by Gasteiger charge is 2.45. The van der Waals surface area contributed by atoms with Gasteiger partial charge in [-0.25, -0.2) is 0 Å². The Kier molecular flexibility index (Phi) is 6.30. The molecule has 2 aromatic rings. The van der Waals surface area contributed by atoms with Gasteiger partial charge in [-0.2, -0.15) is 0 Å². The zero-order valence-corrected chi connectivity index (χ0v) is 16.5. The number of carbonyl (C=O) groups excluding carboxylic acids is 2. The van der Waals surface area contributed by atoms with Crippen molar-refractivity contribution in [3.63, 3.8) is 0 Å². The topological polar surface area (TPSA) is 57.6 Å². The number of nitrogens with zero attached hydrogens (tertiary/aromatic N) is 1. The maximum Gasteiger partial charge on any atom is 0.295 e. The number of Topliss-reactive ketones (excluding diaryl/α,β-unsaturated/α-hetero) is 1. The fraction of sp³-hybridized carbons (Fsp3) is 0.333. The molecule has 1 aliphatic rings. The van der Waals surface area contributed by atoms with Crippen LogP contribution in [0.2, 0.25) is 0 Å². The average molecular weight is 377 g/mol. The monoisotopic (exact) mass is 377 g/mol. The van der Waals surface area contributed by atoms with Crippen LogP contribution in [0.15, 0.2) is 60.2 Å². The zero-order chi connectivity index (χ0) is 20.1. The molecule has 1 saturated heterocycles. The number of hydrogen-bond donors (Lipinski definition) is 1. The highest BCUT2D eigenvalue weighted by Crippen LogP contribution is 2.39. The van der Waals surface area contributed by atoms with E-state index in [1.165, 1.54) is 0 Å². The average Bonchev–Trinajstić information content (AvgIpc) is 2.97. The zero-order valence-electron chi connectivity index (χ0n) is 16.5.